The summed E-state index contributed by atoms with van der Waals surface area (Å²) in [6.07, 6.45) is 0. The van der Waals surface area contributed by atoms with Gasteiger partial charge in [0.1, 0.15) is 17.1 Å². The molecule has 7 nitrogen and oxygen atoms in total. The Labute approximate surface area is 122 Å². The Balaban J connectivity index is 2.39. The Morgan fingerprint density at radius 1 is 1.48 bits per heavy atom. The van der Waals surface area contributed by atoms with Crippen molar-refractivity contribution in [2.24, 2.45) is 0 Å². The summed E-state index contributed by atoms with van der Waals surface area (Å²) in [6, 6.07) is 1.75. The lowest BCUT2D eigenvalue weighted by Gasteiger charge is -2.06. The molecule has 0 aliphatic heterocycles. The molecule has 0 saturated carbocycles. The molecule has 0 fully saturated rings. The molecule has 0 saturated heterocycles. The van der Waals surface area contributed by atoms with Gasteiger partial charge in [0.2, 0.25) is 0 Å². The maximum atomic E-state index is 13.8. The van der Waals surface area contributed by atoms with Crippen LogP contribution in [0.5, 0.6) is 0 Å². The fourth-order valence-electron chi connectivity index (χ4n) is 1.66. The number of aryl methyl sites for hydroxylation is 2. The molecule has 0 atom stereocenters. The maximum absolute atomic E-state index is 13.8. The zero-order valence-corrected chi connectivity index (χ0v) is 12.0. The zero-order valence-electron chi connectivity index (χ0n) is 11.1. The number of hydrogen-bond donors (Lipinski definition) is 2. The average Bonchev–Trinajstić information content (AvgIpc) is 2.67. The van der Waals surface area contributed by atoms with Gasteiger partial charge in [-0.25, -0.2) is 9.37 Å². The number of thiazole rings is 1. The number of nitrogens with one attached hydrogen (secondary N) is 1. The van der Waals surface area contributed by atoms with Crippen molar-refractivity contribution < 1.29 is 14.1 Å². The van der Waals surface area contributed by atoms with Crippen LogP contribution >= 0.6 is 11.3 Å². The molecule has 0 bridgehead atoms. The highest BCUT2D eigenvalue weighted by Crippen LogP contribution is 2.29. The monoisotopic (exact) mass is 310 g/mol. The number of nitro groups is 1. The predicted octanol–water partition coefficient (Wildman–Crippen LogP) is 2.64. The number of anilines is 2. The van der Waals surface area contributed by atoms with Gasteiger partial charge < -0.3 is 5.73 Å². The van der Waals surface area contributed by atoms with E-state index in [-0.39, 0.29) is 5.13 Å². The molecule has 2 rings (SSSR count). The Kier molecular flexibility index (Phi) is 3.85. The van der Waals surface area contributed by atoms with Crippen molar-refractivity contribution in [3.05, 3.63) is 44.2 Å². The van der Waals surface area contributed by atoms with E-state index in [4.69, 9.17) is 5.73 Å². The number of aromatic nitrogens is 1. The predicted molar refractivity (Wildman–Crippen MR) is 77.0 cm³/mol. The first-order chi connectivity index (χ1) is 9.81. The molecule has 0 aliphatic carbocycles. The fourth-order valence-corrected chi connectivity index (χ4v) is 2.47. The van der Waals surface area contributed by atoms with Crippen molar-refractivity contribution in [3.8, 4) is 0 Å². The highest BCUT2D eigenvalue weighted by atomic mass is 32.1. The summed E-state index contributed by atoms with van der Waals surface area (Å²) in [4.78, 5) is 27.0. The minimum Gasteiger partial charge on any atom is -0.392 e. The van der Waals surface area contributed by atoms with E-state index in [2.05, 4.69) is 10.3 Å². The van der Waals surface area contributed by atoms with Crippen molar-refractivity contribution in [3.63, 3.8) is 0 Å². The third-order valence-electron chi connectivity index (χ3n) is 2.84. The minimum absolute atomic E-state index is 0.278. The molecule has 110 valence electrons. The Hall–Kier alpha value is -2.55. The van der Waals surface area contributed by atoms with Gasteiger partial charge in [-0.1, -0.05) is 0 Å². The Bertz CT molecular complexity index is 725. The summed E-state index contributed by atoms with van der Waals surface area (Å²) in [6.45, 7) is 3.59. The number of carbonyl (C=O) groups excluding carboxylic acids is 1. The first kappa shape index (κ1) is 14.9. The lowest BCUT2D eigenvalue weighted by atomic mass is 10.1. The van der Waals surface area contributed by atoms with Gasteiger partial charge in [-0.2, -0.15) is 0 Å². The molecule has 0 aliphatic rings. The Morgan fingerprint density at radius 3 is 2.67 bits per heavy atom. The minimum atomic E-state index is -0.930. The largest absolute Gasteiger partial charge is 0.392 e. The van der Waals surface area contributed by atoms with E-state index in [0.717, 1.165) is 22.7 Å². The summed E-state index contributed by atoms with van der Waals surface area (Å²) >= 11 is 1.22. The van der Waals surface area contributed by atoms with Gasteiger partial charge in [0, 0.05) is 10.9 Å². The van der Waals surface area contributed by atoms with E-state index in [1.165, 1.54) is 11.3 Å². The van der Waals surface area contributed by atoms with Crippen LogP contribution in [0, 0.1) is 29.8 Å². The molecule has 1 aromatic carbocycles. The van der Waals surface area contributed by atoms with E-state index >= 15 is 0 Å². The van der Waals surface area contributed by atoms with Crippen LogP contribution in [-0.4, -0.2) is 15.8 Å². The second-order valence-electron chi connectivity index (χ2n) is 4.23. The van der Waals surface area contributed by atoms with Crippen LogP contribution in [0.4, 0.5) is 20.9 Å². The number of nitro benzene ring substituents is 1. The Morgan fingerprint density at radius 2 is 2.14 bits per heavy atom. The smallest absolute Gasteiger partial charge is 0.293 e. The van der Waals surface area contributed by atoms with Crippen LogP contribution in [-0.2, 0) is 0 Å². The number of halogens is 1. The first-order valence-corrected chi connectivity index (χ1v) is 6.60. The molecule has 0 unspecified atom stereocenters. The number of amides is 1. The molecule has 3 N–H and O–H groups in total. The van der Waals surface area contributed by atoms with Gasteiger partial charge in [-0.05, 0) is 19.9 Å². The van der Waals surface area contributed by atoms with Crippen LogP contribution < -0.4 is 11.1 Å². The maximum Gasteiger partial charge on any atom is 0.293 e. The normalized spacial score (nSPS) is 10.4. The van der Waals surface area contributed by atoms with Crippen molar-refractivity contribution in [2.45, 2.75) is 13.8 Å². The lowest BCUT2D eigenvalue weighted by Crippen LogP contribution is -2.17. The highest BCUT2D eigenvalue weighted by Gasteiger charge is 2.24. The quantitative estimate of drug-likeness (QED) is 0.514. The number of nitrogens with two attached hydrogens (primary N) is 1. The molecule has 1 aromatic heterocycles. The standard InChI is InChI=1S/C12H11FN4O3S/c1-5-6(2)21-12(15-5)16-11(18)9-7(13)3-4-8(10(9)14)17(19)20/h3-4H,14H2,1-2H3,(H,15,16,18). The van der Waals surface area contributed by atoms with Crippen LogP contribution in [0.2, 0.25) is 0 Å². The van der Waals surface area contributed by atoms with Crippen LogP contribution in [0.3, 0.4) is 0 Å². The molecular weight excluding hydrogens is 299 g/mol. The summed E-state index contributed by atoms with van der Waals surface area (Å²) in [5.74, 6) is -1.80. The second-order valence-corrected chi connectivity index (χ2v) is 5.43. The molecule has 1 heterocycles. The van der Waals surface area contributed by atoms with Crippen LogP contribution in [0.15, 0.2) is 12.1 Å². The van der Waals surface area contributed by atoms with Crippen LogP contribution in [0.1, 0.15) is 20.9 Å². The van der Waals surface area contributed by atoms with Crippen molar-refractivity contribution in [2.75, 3.05) is 11.1 Å². The fraction of sp³-hybridized carbons (Fsp3) is 0.167. The van der Waals surface area contributed by atoms with Crippen molar-refractivity contribution >= 4 is 33.8 Å². The number of nitrogens with zero attached hydrogens (tertiary/aromatic N) is 2. The summed E-state index contributed by atoms with van der Waals surface area (Å²) in [5.41, 5.74) is 4.66. The third kappa shape index (κ3) is 2.82. The molecule has 21 heavy (non-hydrogen) atoms. The first-order valence-electron chi connectivity index (χ1n) is 5.79. The second kappa shape index (κ2) is 5.44. The van der Waals surface area contributed by atoms with E-state index in [1.807, 2.05) is 6.92 Å². The molecular formula is C12H11FN4O3S. The number of carbonyl (C=O) groups is 1. The van der Waals surface area contributed by atoms with Gasteiger partial charge in [0.15, 0.2) is 5.13 Å². The molecule has 0 radical (unpaired) electrons. The highest BCUT2D eigenvalue weighted by molar-refractivity contribution is 7.15. The molecule has 9 heteroatoms. The van der Waals surface area contributed by atoms with Gasteiger partial charge in [-0.3, -0.25) is 20.2 Å². The molecule has 1 amide bonds. The lowest BCUT2D eigenvalue weighted by molar-refractivity contribution is -0.384. The van der Waals surface area contributed by atoms with E-state index in [1.54, 1.807) is 6.92 Å². The summed E-state index contributed by atoms with van der Waals surface area (Å²) in [7, 11) is 0. The zero-order chi connectivity index (χ0) is 15.7. The van der Waals surface area contributed by atoms with Gasteiger partial charge in [0.05, 0.1) is 10.6 Å². The van der Waals surface area contributed by atoms with E-state index in [9.17, 15) is 19.3 Å². The molecule has 2 aromatic rings. The van der Waals surface area contributed by atoms with Crippen molar-refractivity contribution in [1.29, 1.82) is 0 Å². The van der Waals surface area contributed by atoms with Gasteiger partial charge >= 0.3 is 0 Å². The van der Waals surface area contributed by atoms with Gasteiger partial charge in [-0.15, -0.1) is 11.3 Å². The number of nitrogen functional groups attached to an aromatic ring is 1. The third-order valence-corrected chi connectivity index (χ3v) is 3.83. The number of benzene rings is 1. The topological polar surface area (TPSA) is 111 Å². The van der Waals surface area contributed by atoms with Crippen molar-refractivity contribution in [1.82, 2.24) is 4.98 Å². The summed E-state index contributed by atoms with van der Waals surface area (Å²) in [5, 5.41) is 13.4. The van der Waals surface area contributed by atoms with Crippen LogP contribution in [0.25, 0.3) is 0 Å². The molecule has 0 spiro atoms. The number of rotatable bonds is 3. The van der Waals surface area contributed by atoms with E-state index < -0.39 is 33.6 Å². The van der Waals surface area contributed by atoms with Gasteiger partial charge in [0.25, 0.3) is 11.6 Å². The number of hydrogen-bond acceptors (Lipinski definition) is 6. The van der Waals surface area contributed by atoms with E-state index in [0.29, 0.717) is 0 Å². The summed E-state index contributed by atoms with van der Waals surface area (Å²) < 4.78 is 13.8. The SMILES string of the molecule is Cc1nc(NC(=O)c2c(F)ccc([N+](=O)[O-])c2N)sc1C. The average molecular weight is 310 g/mol.